The molecule has 0 aliphatic carbocycles. The third-order valence-corrected chi connectivity index (χ3v) is 3.78. The van der Waals surface area contributed by atoms with Crippen LogP contribution < -0.4 is 5.32 Å². The Morgan fingerprint density at radius 3 is 2.50 bits per heavy atom. The number of benzene rings is 1. The summed E-state index contributed by atoms with van der Waals surface area (Å²) in [5, 5.41) is 3.37. The summed E-state index contributed by atoms with van der Waals surface area (Å²) in [5.74, 6) is 0.473. The smallest absolute Gasteiger partial charge is 0.126 e. The van der Waals surface area contributed by atoms with E-state index in [1.165, 1.54) is 0 Å². The summed E-state index contributed by atoms with van der Waals surface area (Å²) in [6.07, 6.45) is 0.810. The zero-order chi connectivity index (χ0) is 13.0. The van der Waals surface area contributed by atoms with Gasteiger partial charge in [-0.05, 0) is 24.0 Å². The number of hydrogen-bond donors (Lipinski definition) is 1. The molecule has 0 aromatic heterocycles. The molecule has 0 spiro atoms. The topological polar surface area (TPSA) is 15.3 Å². The van der Waals surface area contributed by atoms with Crippen LogP contribution in [0, 0.1) is 11.7 Å². The van der Waals surface area contributed by atoms with Crippen LogP contribution in [0.2, 0.25) is 0 Å². The molecule has 0 saturated carbocycles. The van der Waals surface area contributed by atoms with E-state index >= 15 is 0 Å². The number of rotatable bonds is 4. The molecular weight excluding hydrogens is 227 g/mol. The molecule has 1 saturated heterocycles. The van der Waals surface area contributed by atoms with Gasteiger partial charge in [-0.2, -0.15) is 0 Å². The molecule has 1 fully saturated rings. The summed E-state index contributed by atoms with van der Waals surface area (Å²) in [4.78, 5) is 2.49. The van der Waals surface area contributed by atoms with E-state index in [4.69, 9.17) is 0 Å². The Morgan fingerprint density at radius 2 is 1.89 bits per heavy atom. The van der Waals surface area contributed by atoms with Crippen molar-refractivity contribution >= 4 is 0 Å². The van der Waals surface area contributed by atoms with Gasteiger partial charge in [-0.15, -0.1) is 0 Å². The van der Waals surface area contributed by atoms with Gasteiger partial charge in [-0.1, -0.05) is 32.0 Å². The SMILES string of the molecule is CC(C)C(Cc1ccccc1F)N1CCNCC1. The summed E-state index contributed by atoms with van der Waals surface area (Å²) in [6.45, 7) is 8.68. The van der Waals surface area contributed by atoms with Crippen molar-refractivity contribution in [1.82, 2.24) is 10.2 Å². The van der Waals surface area contributed by atoms with Gasteiger partial charge in [-0.25, -0.2) is 4.39 Å². The van der Waals surface area contributed by atoms with Gasteiger partial charge in [0, 0.05) is 32.2 Å². The molecule has 1 aromatic carbocycles. The zero-order valence-electron chi connectivity index (χ0n) is 11.3. The first-order valence-corrected chi connectivity index (χ1v) is 6.86. The lowest BCUT2D eigenvalue weighted by Gasteiger charge is -2.37. The lowest BCUT2D eigenvalue weighted by Crippen LogP contribution is -2.51. The van der Waals surface area contributed by atoms with Crippen molar-refractivity contribution in [2.45, 2.75) is 26.3 Å². The Kier molecular flexibility index (Phi) is 4.72. The van der Waals surface area contributed by atoms with Crippen LogP contribution in [0.3, 0.4) is 0 Å². The van der Waals surface area contributed by atoms with E-state index in [2.05, 4.69) is 24.1 Å². The van der Waals surface area contributed by atoms with Crippen LogP contribution >= 0.6 is 0 Å². The Bertz CT molecular complexity index is 373. The number of halogens is 1. The molecule has 0 radical (unpaired) electrons. The van der Waals surface area contributed by atoms with Gasteiger partial charge in [0.2, 0.25) is 0 Å². The summed E-state index contributed by atoms with van der Waals surface area (Å²) < 4.78 is 13.7. The molecule has 2 rings (SSSR count). The van der Waals surface area contributed by atoms with Crippen LogP contribution in [0.1, 0.15) is 19.4 Å². The van der Waals surface area contributed by atoms with E-state index in [9.17, 15) is 4.39 Å². The Hall–Kier alpha value is -0.930. The van der Waals surface area contributed by atoms with E-state index in [0.29, 0.717) is 12.0 Å². The van der Waals surface area contributed by atoms with Crippen molar-refractivity contribution in [1.29, 1.82) is 0 Å². The predicted octanol–water partition coefficient (Wildman–Crippen LogP) is 2.30. The Labute approximate surface area is 109 Å². The molecule has 1 aliphatic rings. The molecule has 1 heterocycles. The maximum atomic E-state index is 13.7. The van der Waals surface area contributed by atoms with Crippen LogP contribution in [0.25, 0.3) is 0 Å². The highest BCUT2D eigenvalue weighted by Crippen LogP contribution is 2.19. The fraction of sp³-hybridized carbons (Fsp3) is 0.600. The second-order valence-corrected chi connectivity index (χ2v) is 5.39. The van der Waals surface area contributed by atoms with Crippen LogP contribution in [0.5, 0.6) is 0 Å². The molecule has 0 amide bonds. The molecule has 1 aromatic rings. The van der Waals surface area contributed by atoms with Gasteiger partial charge in [0.25, 0.3) is 0 Å². The number of nitrogens with zero attached hydrogens (tertiary/aromatic N) is 1. The van der Waals surface area contributed by atoms with Gasteiger partial charge < -0.3 is 5.32 Å². The highest BCUT2D eigenvalue weighted by Gasteiger charge is 2.24. The monoisotopic (exact) mass is 250 g/mol. The van der Waals surface area contributed by atoms with Crippen molar-refractivity contribution in [3.63, 3.8) is 0 Å². The minimum Gasteiger partial charge on any atom is -0.314 e. The molecular formula is C15H23FN2. The minimum atomic E-state index is -0.0710. The van der Waals surface area contributed by atoms with Crippen molar-refractivity contribution in [3.05, 3.63) is 35.6 Å². The molecule has 1 N–H and O–H groups in total. The van der Waals surface area contributed by atoms with E-state index < -0.39 is 0 Å². The largest absolute Gasteiger partial charge is 0.314 e. The zero-order valence-corrected chi connectivity index (χ0v) is 11.3. The fourth-order valence-corrected chi connectivity index (χ4v) is 2.69. The third-order valence-electron chi connectivity index (χ3n) is 3.78. The predicted molar refractivity (Wildman–Crippen MR) is 73.2 cm³/mol. The molecule has 18 heavy (non-hydrogen) atoms. The molecule has 3 heteroatoms. The first-order valence-electron chi connectivity index (χ1n) is 6.86. The van der Waals surface area contributed by atoms with Gasteiger partial charge in [-0.3, -0.25) is 4.90 Å². The molecule has 0 bridgehead atoms. The first kappa shape index (κ1) is 13.5. The van der Waals surface area contributed by atoms with Gasteiger partial charge in [0.15, 0.2) is 0 Å². The minimum absolute atomic E-state index is 0.0710. The Balaban J connectivity index is 2.08. The maximum absolute atomic E-state index is 13.7. The third kappa shape index (κ3) is 3.30. The summed E-state index contributed by atoms with van der Waals surface area (Å²) in [7, 11) is 0. The standard InChI is InChI=1S/C15H23FN2/c1-12(2)15(18-9-7-17-8-10-18)11-13-5-3-4-6-14(13)16/h3-6,12,15,17H,7-11H2,1-2H3. The molecule has 1 atom stereocenters. The highest BCUT2D eigenvalue weighted by atomic mass is 19.1. The summed E-state index contributed by atoms with van der Waals surface area (Å²) in [6, 6.07) is 7.59. The van der Waals surface area contributed by atoms with Gasteiger partial charge in [0.05, 0.1) is 0 Å². The van der Waals surface area contributed by atoms with Crippen LogP contribution in [0.4, 0.5) is 4.39 Å². The van der Waals surface area contributed by atoms with Crippen molar-refractivity contribution < 1.29 is 4.39 Å². The normalized spacial score (nSPS) is 19.1. The van der Waals surface area contributed by atoms with Crippen molar-refractivity contribution in [2.75, 3.05) is 26.2 Å². The lowest BCUT2D eigenvalue weighted by atomic mass is 9.94. The number of nitrogens with one attached hydrogen (secondary N) is 1. The highest BCUT2D eigenvalue weighted by molar-refractivity contribution is 5.18. The fourth-order valence-electron chi connectivity index (χ4n) is 2.69. The van der Waals surface area contributed by atoms with Crippen LogP contribution in [-0.2, 0) is 6.42 Å². The van der Waals surface area contributed by atoms with Crippen molar-refractivity contribution in [3.8, 4) is 0 Å². The summed E-state index contributed by atoms with van der Waals surface area (Å²) in [5.41, 5.74) is 0.842. The number of piperazine rings is 1. The van der Waals surface area contributed by atoms with Gasteiger partial charge in [0.1, 0.15) is 5.82 Å². The quantitative estimate of drug-likeness (QED) is 0.882. The lowest BCUT2D eigenvalue weighted by molar-refractivity contribution is 0.135. The maximum Gasteiger partial charge on any atom is 0.126 e. The molecule has 1 unspecified atom stereocenters. The van der Waals surface area contributed by atoms with E-state index in [-0.39, 0.29) is 5.82 Å². The molecule has 2 nitrogen and oxygen atoms in total. The second-order valence-electron chi connectivity index (χ2n) is 5.39. The second kappa shape index (κ2) is 6.30. The van der Waals surface area contributed by atoms with Crippen LogP contribution in [-0.4, -0.2) is 37.1 Å². The number of hydrogen-bond acceptors (Lipinski definition) is 2. The van der Waals surface area contributed by atoms with E-state index in [0.717, 1.165) is 38.2 Å². The van der Waals surface area contributed by atoms with E-state index in [1.54, 1.807) is 12.1 Å². The Morgan fingerprint density at radius 1 is 1.22 bits per heavy atom. The van der Waals surface area contributed by atoms with Crippen molar-refractivity contribution in [2.24, 2.45) is 5.92 Å². The van der Waals surface area contributed by atoms with Crippen LogP contribution in [0.15, 0.2) is 24.3 Å². The first-order chi connectivity index (χ1) is 8.68. The van der Waals surface area contributed by atoms with E-state index in [1.807, 2.05) is 12.1 Å². The average Bonchev–Trinajstić information content (AvgIpc) is 2.38. The summed E-state index contributed by atoms with van der Waals surface area (Å²) >= 11 is 0. The molecule has 100 valence electrons. The van der Waals surface area contributed by atoms with Gasteiger partial charge >= 0.3 is 0 Å². The average molecular weight is 250 g/mol. The molecule has 1 aliphatic heterocycles.